The molecule has 3 aromatic rings. The van der Waals surface area contributed by atoms with Crippen LogP contribution in [0.15, 0.2) is 54.2 Å². The first-order valence-corrected chi connectivity index (χ1v) is 8.98. The Morgan fingerprint density at radius 3 is 2.62 bits per heavy atom. The van der Waals surface area contributed by atoms with Crippen molar-refractivity contribution < 1.29 is 4.79 Å². The minimum atomic E-state index is 0.0427. The molecule has 0 unspecified atom stereocenters. The molecule has 0 radical (unpaired) electrons. The van der Waals surface area contributed by atoms with E-state index in [1.807, 2.05) is 57.6 Å². The van der Waals surface area contributed by atoms with Crippen LogP contribution < -0.4 is 0 Å². The summed E-state index contributed by atoms with van der Waals surface area (Å²) in [7, 11) is 0. The Hall–Kier alpha value is -2.47. The van der Waals surface area contributed by atoms with E-state index in [-0.39, 0.29) is 5.91 Å². The van der Waals surface area contributed by atoms with Gasteiger partial charge in [-0.15, -0.1) is 11.3 Å². The van der Waals surface area contributed by atoms with Crippen LogP contribution in [0.2, 0.25) is 0 Å². The molecule has 0 atom stereocenters. The molecule has 0 saturated carbocycles. The third kappa shape index (κ3) is 2.97. The van der Waals surface area contributed by atoms with Crippen LogP contribution in [0, 0.1) is 0 Å². The molecule has 1 aliphatic heterocycles. The van der Waals surface area contributed by atoms with Crippen molar-refractivity contribution in [3.05, 3.63) is 59.2 Å². The highest BCUT2D eigenvalue weighted by atomic mass is 32.1. The fourth-order valence-electron chi connectivity index (χ4n) is 3.08. The first kappa shape index (κ1) is 15.1. The van der Waals surface area contributed by atoms with Crippen LogP contribution in [-0.2, 0) is 0 Å². The molecule has 0 spiro atoms. The Kier molecular flexibility index (Phi) is 4.13. The van der Waals surface area contributed by atoms with E-state index in [0.717, 1.165) is 37.2 Å². The molecule has 1 amide bonds. The average molecular weight is 338 g/mol. The summed E-state index contributed by atoms with van der Waals surface area (Å²) in [5.74, 6) is 0.0427. The first-order valence-electron chi connectivity index (χ1n) is 8.10. The van der Waals surface area contributed by atoms with Gasteiger partial charge in [0.2, 0.25) is 0 Å². The van der Waals surface area contributed by atoms with Crippen molar-refractivity contribution in [3.63, 3.8) is 0 Å². The molecule has 1 fully saturated rings. The van der Waals surface area contributed by atoms with Crippen LogP contribution in [0.25, 0.3) is 11.3 Å². The number of rotatable bonds is 3. The van der Waals surface area contributed by atoms with Gasteiger partial charge in [0.05, 0.1) is 11.7 Å². The lowest BCUT2D eigenvalue weighted by Gasteiger charge is -2.31. The fraction of sp³-hybridized carbons (Fsp3) is 0.278. The normalized spacial score (nSPS) is 15.6. The van der Waals surface area contributed by atoms with Gasteiger partial charge in [-0.2, -0.15) is 5.10 Å². The third-order valence-corrected chi connectivity index (χ3v) is 5.24. The van der Waals surface area contributed by atoms with E-state index in [9.17, 15) is 4.79 Å². The molecular formula is C18H18N4OS. The number of hydrogen-bond donors (Lipinski definition) is 0. The number of likely N-dealkylation sites (tertiary alicyclic amines) is 1. The van der Waals surface area contributed by atoms with Crippen LogP contribution in [0.4, 0.5) is 0 Å². The zero-order valence-corrected chi connectivity index (χ0v) is 14.0. The Labute approximate surface area is 144 Å². The lowest BCUT2D eigenvalue weighted by molar-refractivity contribution is 0.0689. The van der Waals surface area contributed by atoms with Gasteiger partial charge in [0, 0.05) is 36.4 Å². The van der Waals surface area contributed by atoms with E-state index in [2.05, 4.69) is 10.1 Å². The zero-order valence-electron chi connectivity index (χ0n) is 13.2. The number of carbonyl (C=O) groups is 1. The topological polar surface area (TPSA) is 51.0 Å². The summed E-state index contributed by atoms with van der Waals surface area (Å²) >= 11 is 1.42. The van der Waals surface area contributed by atoms with Gasteiger partial charge in [0.1, 0.15) is 0 Å². The largest absolute Gasteiger partial charge is 0.336 e. The molecule has 24 heavy (non-hydrogen) atoms. The van der Waals surface area contributed by atoms with Crippen molar-refractivity contribution in [1.82, 2.24) is 19.7 Å². The second-order valence-electron chi connectivity index (χ2n) is 5.91. The maximum Gasteiger partial charge on any atom is 0.282 e. The van der Waals surface area contributed by atoms with E-state index in [1.54, 1.807) is 6.20 Å². The molecule has 1 saturated heterocycles. The molecule has 4 rings (SSSR count). The molecule has 6 heteroatoms. The third-order valence-electron chi connectivity index (χ3n) is 4.41. The van der Waals surface area contributed by atoms with Gasteiger partial charge in [-0.25, -0.2) is 4.98 Å². The number of benzene rings is 1. The number of thiazole rings is 1. The van der Waals surface area contributed by atoms with E-state index in [1.165, 1.54) is 11.3 Å². The summed E-state index contributed by atoms with van der Waals surface area (Å²) < 4.78 is 2.00. The van der Waals surface area contributed by atoms with Crippen molar-refractivity contribution in [3.8, 4) is 11.3 Å². The van der Waals surface area contributed by atoms with E-state index in [4.69, 9.17) is 0 Å². The molecule has 1 aliphatic rings. The second kappa shape index (κ2) is 6.57. The number of hydrogen-bond acceptors (Lipinski definition) is 4. The Morgan fingerprint density at radius 2 is 1.92 bits per heavy atom. The SMILES string of the molecule is O=C(c1nc(-c2ccccc2)cs1)N1CCC(n2cccn2)CC1. The Bertz CT molecular complexity index is 805. The summed E-state index contributed by atoms with van der Waals surface area (Å²) in [5.41, 5.74) is 1.92. The summed E-state index contributed by atoms with van der Waals surface area (Å²) in [6, 6.07) is 12.3. The molecule has 0 N–H and O–H groups in total. The smallest absolute Gasteiger partial charge is 0.282 e. The van der Waals surface area contributed by atoms with Crippen molar-refractivity contribution in [2.45, 2.75) is 18.9 Å². The average Bonchev–Trinajstić information content (AvgIpc) is 3.34. The van der Waals surface area contributed by atoms with E-state index < -0.39 is 0 Å². The molecule has 0 aliphatic carbocycles. The summed E-state index contributed by atoms with van der Waals surface area (Å²) in [4.78, 5) is 19.1. The van der Waals surface area contributed by atoms with Gasteiger partial charge >= 0.3 is 0 Å². The Balaban J connectivity index is 1.43. The lowest BCUT2D eigenvalue weighted by atomic mass is 10.1. The summed E-state index contributed by atoms with van der Waals surface area (Å²) in [6.45, 7) is 1.51. The lowest BCUT2D eigenvalue weighted by Crippen LogP contribution is -2.39. The summed E-state index contributed by atoms with van der Waals surface area (Å²) in [6.07, 6.45) is 5.67. The highest BCUT2D eigenvalue weighted by molar-refractivity contribution is 7.12. The van der Waals surface area contributed by atoms with Gasteiger partial charge in [-0.3, -0.25) is 9.48 Å². The fourth-order valence-corrected chi connectivity index (χ4v) is 3.87. The van der Waals surface area contributed by atoms with Crippen LogP contribution >= 0.6 is 11.3 Å². The second-order valence-corrected chi connectivity index (χ2v) is 6.77. The number of aromatic nitrogens is 3. The van der Waals surface area contributed by atoms with Gasteiger partial charge < -0.3 is 4.90 Å². The minimum Gasteiger partial charge on any atom is -0.336 e. The van der Waals surface area contributed by atoms with Crippen molar-refractivity contribution >= 4 is 17.2 Å². The number of nitrogens with zero attached hydrogens (tertiary/aromatic N) is 4. The maximum absolute atomic E-state index is 12.7. The van der Waals surface area contributed by atoms with Gasteiger partial charge in [-0.1, -0.05) is 30.3 Å². The van der Waals surface area contributed by atoms with Gasteiger partial charge in [-0.05, 0) is 18.9 Å². The molecule has 0 bridgehead atoms. The Morgan fingerprint density at radius 1 is 1.12 bits per heavy atom. The van der Waals surface area contributed by atoms with E-state index >= 15 is 0 Å². The highest BCUT2D eigenvalue weighted by Crippen LogP contribution is 2.26. The molecule has 2 aromatic heterocycles. The molecule has 122 valence electrons. The first-order chi connectivity index (χ1) is 11.8. The number of piperidine rings is 1. The van der Waals surface area contributed by atoms with Crippen LogP contribution in [0.5, 0.6) is 0 Å². The van der Waals surface area contributed by atoms with Gasteiger partial charge in [0.15, 0.2) is 5.01 Å². The monoisotopic (exact) mass is 338 g/mol. The van der Waals surface area contributed by atoms with Crippen LogP contribution in [0.3, 0.4) is 0 Å². The quantitative estimate of drug-likeness (QED) is 0.734. The van der Waals surface area contributed by atoms with Crippen molar-refractivity contribution in [2.24, 2.45) is 0 Å². The van der Waals surface area contributed by atoms with E-state index in [0.29, 0.717) is 11.0 Å². The zero-order chi connectivity index (χ0) is 16.4. The maximum atomic E-state index is 12.7. The molecule has 5 nitrogen and oxygen atoms in total. The number of carbonyl (C=O) groups excluding carboxylic acids is 1. The predicted molar refractivity (Wildman–Crippen MR) is 94.0 cm³/mol. The van der Waals surface area contributed by atoms with Crippen molar-refractivity contribution in [2.75, 3.05) is 13.1 Å². The number of amides is 1. The van der Waals surface area contributed by atoms with Crippen LogP contribution in [-0.4, -0.2) is 38.7 Å². The van der Waals surface area contributed by atoms with Crippen LogP contribution in [0.1, 0.15) is 28.7 Å². The summed E-state index contributed by atoms with van der Waals surface area (Å²) in [5, 5.41) is 6.84. The minimum absolute atomic E-state index is 0.0427. The highest BCUT2D eigenvalue weighted by Gasteiger charge is 2.26. The predicted octanol–water partition coefficient (Wildman–Crippen LogP) is 3.48. The molecule has 1 aromatic carbocycles. The standard InChI is InChI=1S/C18H18N4OS/c23-18(17-20-16(13-24-17)14-5-2-1-3-6-14)21-11-7-15(8-12-21)22-10-4-9-19-22/h1-6,9-10,13,15H,7-8,11-12H2. The van der Waals surface area contributed by atoms with Gasteiger partial charge in [0.25, 0.3) is 5.91 Å². The van der Waals surface area contributed by atoms with Crippen molar-refractivity contribution in [1.29, 1.82) is 0 Å². The molecule has 3 heterocycles. The molecular weight excluding hydrogens is 320 g/mol.